The van der Waals surface area contributed by atoms with Crippen molar-refractivity contribution in [1.82, 2.24) is 14.9 Å². The lowest BCUT2D eigenvalue weighted by Crippen LogP contribution is -1.97. The van der Waals surface area contributed by atoms with E-state index in [2.05, 4.69) is 15.3 Å². The fraction of sp³-hybridized carbons (Fsp3) is 0.167. The lowest BCUT2D eigenvalue weighted by atomic mass is 10.1. The van der Waals surface area contributed by atoms with E-state index >= 15 is 0 Å². The molecule has 1 N–H and O–H groups in total. The zero-order valence-electron chi connectivity index (χ0n) is 14.2. The molecule has 0 aliphatic rings. The van der Waals surface area contributed by atoms with Crippen LogP contribution in [0.5, 0.6) is 11.5 Å². The number of ether oxygens (including phenoxy) is 2. The Hall–Kier alpha value is -2.93. The zero-order chi connectivity index (χ0) is 17.8. The monoisotopic (exact) mass is 354 g/mol. The predicted molar refractivity (Wildman–Crippen MR) is 100 cm³/mol. The molecule has 2 aromatic carbocycles. The maximum atomic E-state index is 5.31. The van der Waals surface area contributed by atoms with Crippen molar-refractivity contribution in [2.75, 3.05) is 14.2 Å². The highest BCUT2D eigenvalue weighted by atomic mass is 32.1. The normalized spacial score (nSPS) is 11.0. The molecule has 7 heteroatoms. The first-order chi connectivity index (χ1) is 12.1. The molecule has 128 valence electrons. The first-order valence-electron chi connectivity index (χ1n) is 7.64. The van der Waals surface area contributed by atoms with Gasteiger partial charge in [0.05, 0.1) is 20.4 Å². The number of nitrogens with zero attached hydrogens (tertiary/aromatic N) is 3. The van der Waals surface area contributed by atoms with E-state index < -0.39 is 0 Å². The second-order valence-electron chi connectivity index (χ2n) is 5.34. The molecule has 0 saturated carbocycles. The minimum absolute atomic E-state index is 0.426. The van der Waals surface area contributed by atoms with Gasteiger partial charge in [-0.25, -0.2) is 5.10 Å². The summed E-state index contributed by atoms with van der Waals surface area (Å²) in [5.74, 6) is 1.97. The summed E-state index contributed by atoms with van der Waals surface area (Å²) < 4.78 is 12.6. The smallest absolute Gasteiger partial charge is 0.216 e. The summed E-state index contributed by atoms with van der Waals surface area (Å²) in [6.45, 7) is 2.02. The van der Waals surface area contributed by atoms with Gasteiger partial charge in [-0.1, -0.05) is 24.3 Å². The fourth-order valence-electron chi connectivity index (χ4n) is 2.45. The maximum absolute atomic E-state index is 5.31. The molecule has 0 saturated heterocycles. The lowest BCUT2D eigenvalue weighted by molar-refractivity contribution is 0.355. The second-order valence-corrected chi connectivity index (χ2v) is 5.72. The van der Waals surface area contributed by atoms with Gasteiger partial charge in [0.25, 0.3) is 0 Å². The summed E-state index contributed by atoms with van der Waals surface area (Å²) >= 11 is 5.31. The van der Waals surface area contributed by atoms with Crippen LogP contribution in [0.3, 0.4) is 0 Å². The summed E-state index contributed by atoms with van der Waals surface area (Å²) in [6, 6.07) is 13.5. The molecule has 6 nitrogen and oxygen atoms in total. The SMILES string of the molecule is COc1ccc(C=Nn2c(-c3ccccc3C)n[nH]c2=S)cc1OC. The molecule has 0 aliphatic carbocycles. The Morgan fingerprint density at radius 3 is 2.60 bits per heavy atom. The third-order valence-corrected chi connectivity index (χ3v) is 4.03. The van der Waals surface area contributed by atoms with E-state index in [1.165, 1.54) is 0 Å². The molecule has 0 unspecified atom stereocenters. The Balaban J connectivity index is 1.99. The van der Waals surface area contributed by atoms with Crippen molar-refractivity contribution in [2.24, 2.45) is 5.10 Å². The Morgan fingerprint density at radius 2 is 1.88 bits per heavy atom. The summed E-state index contributed by atoms with van der Waals surface area (Å²) in [4.78, 5) is 0. The van der Waals surface area contributed by atoms with Crippen LogP contribution in [-0.2, 0) is 0 Å². The average molecular weight is 354 g/mol. The van der Waals surface area contributed by atoms with Gasteiger partial charge in [0.15, 0.2) is 17.3 Å². The minimum Gasteiger partial charge on any atom is -0.493 e. The van der Waals surface area contributed by atoms with Crippen molar-refractivity contribution < 1.29 is 9.47 Å². The van der Waals surface area contributed by atoms with Gasteiger partial charge in [-0.05, 0) is 48.5 Å². The summed E-state index contributed by atoms with van der Waals surface area (Å²) in [7, 11) is 3.20. The lowest BCUT2D eigenvalue weighted by Gasteiger charge is -2.07. The minimum atomic E-state index is 0.426. The maximum Gasteiger partial charge on any atom is 0.216 e. The van der Waals surface area contributed by atoms with Gasteiger partial charge in [0.2, 0.25) is 4.77 Å². The number of aryl methyl sites for hydroxylation is 1. The highest BCUT2D eigenvalue weighted by Crippen LogP contribution is 2.27. The molecule has 25 heavy (non-hydrogen) atoms. The van der Waals surface area contributed by atoms with Gasteiger partial charge in [-0.3, -0.25) is 0 Å². The van der Waals surface area contributed by atoms with Crippen LogP contribution in [0.15, 0.2) is 47.6 Å². The fourth-order valence-corrected chi connectivity index (χ4v) is 2.63. The van der Waals surface area contributed by atoms with E-state index in [4.69, 9.17) is 21.7 Å². The molecular formula is C18H18N4O2S. The van der Waals surface area contributed by atoms with Crippen molar-refractivity contribution in [3.05, 3.63) is 58.4 Å². The van der Waals surface area contributed by atoms with Crippen molar-refractivity contribution in [3.63, 3.8) is 0 Å². The number of rotatable bonds is 5. The van der Waals surface area contributed by atoms with Crippen molar-refractivity contribution >= 4 is 18.4 Å². The van der Waals surface area contributed by atoms with Crippen molar-refractivity contribution in [2.45, 2.75) is 6.92 Å². The average Bonchev–Trinajstić information content (AvgIpc) is 3.00. The van der Waals surface area contributed by atoms with Gasteiger partial charge in [0, 0.05) is 5.56 Å². The molecule has 1 aromatic heterocycles. The molecule has 0 aliphatic heterocycles. The van der Waals surface area contributed by atoms with Gasteiger partial charge in [-0.15, -0.1) is 0 Å². The third-order valence-electron chi connectivity index (χ3n) is 3.77. The molecule has 0 amide bonds. The van der Waals surface area contributed by atoms with E-state index in [-0.39, 0.29) is 0 Å². The van der Waals surface area contributed by atoms with E-state index in [9.17, 15) is 0 Å². The zero-order valence-corrected chi connectivity index (χ0v) is 15.0. The van der Waals surface area contributed by atoms with Gasteiger partial charge in [-0.2, -0.15) is 14.9 Å². The van der Waals surface area contributed by atoms with Crippen molar-refractivity contribution in [1.29, 1.82) is 0 Å². The molecule has 0 fully saturated rings. The van der Waals surface area contributed by atoms with Crippen LogP contribution >= 0.6 is 12.2 Å². The number of hydrogen-bond donors (Lipinski definition) is 1. The first-order valence-corrected chi connectivity index (χ1v) is 8.04. The van der Waals surface area contributed by atoms with Crippen LogP contribution in [0.1, 0.15) is 11.1 Å². The topological polar surface area (TPSA) is 64.4 Å². The van der Waals surface area contributed by atoms with Crippen LogP contribution in [-0.4, -0.2) is 35.3 Å². The standard InChI is InChI=1S/C18H18N4O2S/c1-12-6-4-5-7-14(12)17-20-21-18(25)22(17)19-11-13-8-9-15(23-2)16(10-13)24-3/h4-11H,1-3H3,(H,21,25). The van der Waals surface area contributed by atoms with Gasteiger partial charge in [0.1, 0.15) is 0 Å². The van der Waals surface area contributed by atoms with Crippen LogP contribution in [0, 0.1) is 11.7 Å². The molecule has 3 aromatic rings. The molecular weight excluding hydrogens is 336 g/mol. The van der Waals surface area contributed by atoms with Crippen LogP contribution in [0.4, 0.5) is 0 Å². The van der Waals surface area contributed by atoms with E-state index in [0.29, 0.717) is 22.1 Å². The second kappa shape index (κ2) is 7.31. The molecule has 0 spiro atoms. The number of benzene rings is 2. The summed E-state index contributed by atoms with van der Waals surface area (Å²) in [6.07, 6.45) is 1.70. The highest BCUT2D eigenvalue weighted by Gasteiger charge is 2.10. The Kier molecular flexibility index (Phi) is 4.95. The number of nitrogens with one attached hydrogen (secondary N) is 1. The van der Waals surface area contributed by atoms with E-state index in [0.717, 1.165) is 16.7 Å². The number of H-pyrrole nitrogens is 1. The predicted octanol–water partition coefficient (Wildman–Crippen LogP) is 3.82. The van der Waals surface area contributed by atoms with Crippen LogP contribution in [0.2, 0.25) is 0 Å². The number of hydrogen-bond acceptors (Lipinski definition) is 5. The Morgan fingerprint density at radius 1 is 1.12 bits per heavy atom. The van der Waals surface area contributed by atoms with E-state index in [1.807, 2.05) is 49.4 Å². The number of aromatic amines is 1. The molecule has 0 atom stereocenters. The summed E-state index contributed by atoms with van der Waals surface area (Å²) in [5, 5.41) is 11.6. The third kappa shape index (κ3) is 3.46. The van der Waals surface area contributed by atoms with Gasteiger partial charge >= 0.3 is 0 Å². The van der Waals surface area contributed by atoms with Crippen molar-refractivity contribution in [3.8, 4) is 22.9 Å². The molecule has 3 rings (SSSR count). The molecule has 0 bridgehead atoms. The van der Waals surface area contributed by atoms with Crippen LogP contribution < -0.4 is 9.47 Å². The largest absolute Gasteiger partial charge is 0.493 e. The summed E-state index contributed by atoms with van der Waals surface area (Å²) in [5.41, 5.74) is 2.93. The van der Waals surface area contributed by atoms with Crippen LogP contribution in [0.25, 0.3) is 11.4 Å². The molecule has 1 heterocycles. The molecule has 0 radical (unpaired) electrons. The number of aromatic nitrogens is 3. The Labute approximate surface area is 150 Å². The quantitative estimate of drug-likeness (QED) is 0.559. The Bertz CT molecular complexity index is 975. The first kappa shape index (κ1) is 16.9. The number of methoxy groups -OCH3 is 2. The van der Waals surface area contributed by atoms with E-state index in [1.54, 1.807) is 25.1 Å². The highest BCUT2D eigenvalue weighted by molar-refractivity contribution is 7.71. The van der Waals surface area contributed by atoms with Gasteiger partial charge < -0.3 is 9.47 Å².